The van der Waals surface area contributed by atoms with Crippen LogP contribution in [0.1, 0.15) is 44.0 Å². The van der Waals surface area contributed by atoms with Crippen LogP contribution in [0.2, 0.25) is 0 Å². The fraction of sp³-hybridized carbons (Fsp3) is 0.263. The lowest BCUT2D eigenvalue weighted by atomic mass is 10.0. The molecule has 1 heterocycles. The van der Waals surface area contributed by atoms with E-state index in [1.165, 1.54) is 0 Å². The number of nitrogens with one attached hydrogen (secondary N) is 1. The summed E-state index contributed by atoms with van der Waals surface area (Å²) in [5.41, 5.74) is 2.42. The Bertz CT molecular complexity index is 959. The molecule has 7 heteroatoms. The highest BCUT2D eigenvalue weighted by atomic mass is 79.9. The molecule has 0 bridgehead atoms. The number of hydrogen-bond acceptors (Lipinski definition) is 4. The summed E-state index contributed by atoms with van der Waals surface area (Å²) < 4.78 is 7.32. The Morgan fingerprint density at radius 2 is 1.81 bits per heavy atom. The maximum Gasteiger partial charge on any atom is 0.155 e. The lowest BCUT2D eigenvalue weighted by Gasteiger charge is -2.16. The van der Waals surface area contributed by atoms with Crippen LogP contribution in [-0.2, 0) is 4.79 Å². The van der Waals surface area contributed by atoms with Gasteiger partial charge in [-0.05, 0) is 61.7 Å². The van der Waals surface area contributed by atoms with E-state index in [1.807, 2.05) is 18.2 Å². The monoisotopic (exact) mass is 479 g/mol. The number of ether oxygens (including phenoxy) is 1. The van der Waals surface area contributed by atoms with Gasteiger partial charge in [0.25, 0.3) is 0 Å². The number of rotatable bonds is 5. The van der Waals surface area contributed by atoms with Gasteiger partial charge in [-0.25, -0.2) is 4.98 Å². The third-order valence-corrected chi connectivity index (χ3v) is 5.29. The number of nitrogens with zero attached hydrogens (tertiary/aromatic N) is 1. The predicted molar refractivity (Wildman–Crippen MR) is 106 cm³/mol. The number of aromatic nitrogens is 2. The van der Waals surface area contributed by atoms with Crippen molar-refractivity contribution in [3.63, 3.8) is 0 Å². The molecular weight excluding hydrogens is 464 g/mol. The van der Waals surface area contributed by atoms with Gasteiger partial charge < -0.3 is 19.6 Å². The van der Waals surface area contributed by atoms with Gasteiger partial charge in [0.15, 0.2) is 5.75 Å². The highest BCUT2D eigenvalue weighted by Gasteiger charge is 2.15. The van der Waals surface area contributed by atoms with Crippen molar-refractivity contribution in [2.75, 3.05) is 0 Å². The molecule has 5 nitrogen and oxygen atoms in total. The third-order valence-electron chi connectivity index (χ3n) is 4.11. The van der Waals surface area contributed by atoms with Crippen LogP contribution in [0.5, 0.6) is 11.5 Å². The smallest absolute Gasteiger partial charge is 0.155 e. The first-order valence-electron chi connectivity index (χ1n) is 8.13. The summed E-state index contributed by atoms with van der Waals surface area (Å²) in [6.07, 6.45) is 0. The Labute approximate surface area is 168 Å². The molecule has 2 aromatic carbocycles. The number of carbonyl (C=O) groups is 1. The van der Waals surface area contributed by atoms with E-state index in [0.717, 1.165) is 16.9 Å². The Morgan fingerprint density at radius 3 is 2.38 bits per heavy atom. The minimum Gasteiger partial charge on any atom is -0.550 e. The first-order valence-corrected chi connectivity index (χ1v) is 9.72. The Kier molecular flexibility index (Phi) is 5.39. The first kappa shape index (κ1) is 18.9. The lowest BCUT2D eigenvalue weighted by molar-refractivity contribution is -0.307. The first-order chi connectivity index (χ1) is 12.3. The summed E-state index contributed by atoms with van der Waals surface area (Å²) in [4.78, 5) is 18.9. The Morgan fingerprint density at radius 1 is 1.15 bits per heavy atom. The molecule has 0 aliphatic rings. The molecule has 1 unspecified atom stereocenters. The van der Waals surface area contributed by atoms with Gasteiger partial charge >= 0.3 is 0 Å². The van der Waals surface area contributed by atoms with Crippen molar-refractivity contribution < 1.29 is 14.6 Å². The van der Waals surface area contributed by atoms with E-state index in [2.05, 4.69) is 55.7 Å². The van der Waals surface area contributed by atoms with Crippen LogP contribution in [0.4, 0.5) is 0 Å². The standard InChI is InChI=1S/C19H18Br2N2O3/c1-9(2)18-22-15-5-4-12(8-16(15)23-18)26-17-13(20)6-11(7-14(17)21)10(3)19(24)25/h4-10H,1-3H3,(H,22,23)(H,24,25)/p-1. The molecule has 0 saturated heterocycles. The van der Waals surface area contributed by atoms with Crippen molar-refractivity contribution in [1.29, 1.82) is 0 Å². The molecule has 136 valence electrons. The molecule has 0 spiro atoms. The second-order valence-electron chi connectivity index (χ2n) is 6.41. The maximum atomic E-state index is 11.1. The number of imidazole rings is 1. The number of halogens is 2. The van der Waals surface area contributed by atoms with Crippen molar-refractivity contribution in [1.82, 2.24) is 9.97 Å². The van der Waals surface area contributed by atoms with E-state index < -0.39 is 11.9 Å². The highest BCUT2D eigenvalue weighted by Crippen LogP contribution is 2.39. The van der Waals surface area contributed by atoms with Gasteiger partial charge in [-0.1, -0.05) is 20.8 Å². The van der Waals surface area contributed by atoms with Crippen molar-refractivity contribution in [3.05, 3.63) is 50.7 Å². The van der Waals surface area contributed by atoms with Crippen molar-refractivity contribution in [3.8, 4) is 11.5 Å². The second kappa shape index (κ2) is 7.40. The summed E-state index contributed by atoms with van der Waals surface area (Å²) in [7, 11) is 0. The van der Waals surface area contributed by atoms with E-state index >= 15 is 0 Å². The average Bonchev–Trinajstić information content (AvgIpc) is 3.00. The number of H-pyrrole nitrogens is 1. The number of fused-ring (bicyclic) bond motifs is 1. The Hall–Kier alpha value is -1.86. The summed E-state index contributed by atoms with van der Waals surface area (Å²) in [6.45, 7) is 5.75. The number of aromatic amines is 1. The highest BCUT2D eigenvalue weighted by molar-refractivity contribution is 9.11. The number of hydrogen-bond donors (Lipinski definition) is 1. The van der Waals surface area contributed by atoms with Gasteiger partial charge in [-0.2, -0.15) is 0 Å². The van der Waals surface area contributed by atoms with Crippen LogP contribution in [0.25, 0.3) is 11.0 Å². The third kappa shape index (κ3) is 3.78. The molecule has 0 amide bonds. The predicted octanol–water partition coefficient (Wildman–Crippen LogP) is 4.86. The second-order valence-corrected chi connectivity index (χ2v) is 8.12. The van der Waals surface area contributed by atoms with Crippen molar-refractivity contribution in [2.24, 2.45) is 0 Å². The molecule has 1 atom stereocenters. The van der Waals surface area contributed by atoms with Gasteiger partial charge in [0.1, 0.15) is 11.6 Å². The van der Waals surface area contributed by atoms with Crippen LogP contribution < -0.4 is 9.84 Å². The van der Waals surface area contributed by atoms with Gasteiger partial charge in [0.05, 0.1) is 20.0 Å². The van der Waals surface area contributed by atoms with Crippen molar-refractivity contribution in [2.45, 2.75) is 32.6 Å². The number of carboxylic acids is 1. The molecular formula is C19H17Br2N2O3-. The normalized spacial score (nSPS) is 12.5. The van der Waals surface area contributed by atoms with Gasteiger partial charge in [-0.3, -0.25) is 0 Å². The number of aliphatic carboxylic acids is 1. The maximum absolute atomic E-state index is 11.1. The molecule has 0 aliphatic carbocycles. The fourth-order valence-electron chi connectivity index (χ4n) is 2.53. The minimum atomic E-state index is -1.12. The molecule has 0 aliphatic heterocycles. The van der Waals surface area contributed by atoms with Crippen LogP contribution in [-0.4, -0.2) is 15.9 Å². The van der Waals surface area contributed by atoms with E-state index in [9.17, 15) is 9.90 Å². The van der Waals surface area contributed by atoms with E-state index in [1.54, 1.807) is 19.1 Å². The molecule has 0 fully saturated rings. The van der Waals surface area contributed by atoms with E-state index in [0.29, 0.717) is 31.9 Å². The zero-order chi connectivity index (χ0) is 19.0. The molecule has 3 rings (SSSR count). The zero-order valence-electron chi connectivity index (χ0n) is 14.5. The number of carboxylic acid groups (broad SMARTS) is 1. The molecule has 26 heavy (non-hydrogen) atoms. The SMILES string of the molecule is CC(C)c1nc2ccc(Oc3c(Br)cc(C(C)C(=O)[O-])cc3Br)cc2[nH]1. The summed E-state index contributed by atoms with van der Waals surface area (Å²) in [5, 5.41) is 11.1. The summed E-state index contributed by atoms with van der Waals surface area (Å²) in [5.74, 6) is 0.629. The molecule has 3 aromatic rings. The van der Waals surface area contributed by atoms with Crippen LogP contribution in [0.3, 0.4) is 0 Å². The van der Waals surface area contributed by atoms with E-state index in [-0.39, 0.29) is 0 Å². The quantitative estimate of drug-likeness (QED) is 0.565. The van der Waals surface area contributed by atoms with Gasteiger partial charge in [0, 0.05) is 23.9 Å². The van der Waals surface area contributed by atoms with E-state index in [4.69, 9.17) is 4.74 Å². The van der Waals surface area contributed by atoms with Gasteiger partial charge in [-0.15, -0.1) is 0 Å². The molecule has 0 saturated carbocycles. The fourth-order valence-corrected chi connectivity index (χ4v) is 3.91. The molecule has 1 N–H and O–H groups in total. The average molecular weight is 481 g/mol. The zero-order valence-corrected chi connectivity index (χ0v) is 17.6. The molecule has 0 radical (unpaired) electrons. The lowest BCUT2D eigenvalue weighted by Crippen LogP contribution is -2.28. The largest absolute Gasteiger partial charge is 0.550 e. The van der Waals surface area contributed by atoms with Crippen LogP contribution in [0.15, 0.2) is 39.3 Å². The number of carbonyl (C=O) groups excluding carboxylic acids is 1. The topological polar surface area (TPSA) is 78.0 Å². The van der Waals surface area contributed by atoms with Crippen LogP contribution >= 0.6 is 31.9 Å². The minimum absolute atomic E-state index is 0.313. The molecule has 1 aromatic heterocycles. The Balaban J connectivity index is 1.93. The van der Waals surface area contributed by atoms with Gasteiger partial charge in [0.2, 0.25) is 0 Å². The van der Waals surface area contributed by atoms with Crippen molar-refractivity contribution >= 4 is 48.9 Å². The summed E-state index contributed by atoms with van der Waals surface area (Å²) in [6, 6.07) is 9.11. The van der Waals surface area contributed by atoms with Crippen LogP contribution in [0, 0.1) is 0 Å². The number of benzene rings is 2. The summed E-state index contributed by atoms with van der Waals surface area (Å²) >= 11 is 6.91.